The lowest BCUT2D eigenvalue weighted by molar-refractivity contribution is -0.119. The van der Waals surface area contributed by atoms with Crippen molar-refractivity contribution in [3.05, 3.63) is 53.1 Å². The van der Waals surface area contributed by atoms with Crippen molar-refractivity contribution < 1.29 is 14.3 Å². The normalized spacial score (nSPS) is 13.8. The highest BCUT2D eigenvalue weighted by Gasteiger charge is 2.22. The van der Waals surface area contributed by atoms with Crippen molar-refractivity contribution in [3.63, 3.8) is 0 Å². The molecule has 4 aromatic heterocycles. The minimum atomic E-state index is -0.382. The summed E-state index contributed by atoms with van der Waals surface area (Å²) in [4.78, 5) is 45.4. The summed E-state index contributed by atoms with van der Waals surface area (Å²) in [6.07, 6.45) is 5.42. The maximum atomic E-state index is 13.3. The molecule has 178 valence electrons. The van der Waals surface area contributed by atoms with E-state index in [1.54, 1.807) is 23.1 Å². The Morgan fingerprint density at radius 1 is 1.14 bits per heavy atom. The SMILES string of the molecule is COc1cnc(Cl)cc1-c1cc(C)ncc1C(=O)Nc1nc2ccc(N3CCCCC3=O)nc2s1. The number of piperidine rings is 1. The topological polar surface area (TPSA) is 110 Å². The largest absolute Gasteiger partial charge is 0.494 e. The summed E-state index contributed by atoms with van der Waals surface area (Å²) in [5.41, 5.74) is 2.95. The predicted molar refractivity (Wildman–Crippen MR) is 135 cm³/mol. The third-order valence-corrected chi connectivity index (χ3v) is 6.78. The molecule has 1 fully saturated rings. The predicted octanol–water partition coefficient (Wildman–Crippen LogP) is 4.89. The van der Waals surface area contributed by atoms with Gasteiger partial charge < -0.3 is 4.74 Å². The lowest BCUT2D eigenvalue weighted by atomic mass is 10.0. The lowest BCUT2D eigenvalue weighted by Crippen LogP contribution is -2.35. The monoisotopic (exact) mass is 508 g/mol. The third-order valence-electron chi connectivity index (χ3n) is 5.69. The van der Waals surface area contributed by atoms with Crippen LogP contribution in [0.3, 0.4) is 0 Å². The highest BCUT2D eigenvalue weighted by molar-refractivity contribution is 7.22. The molecule has 1 aliphatic rings. The fourth-order valence-electron chi connectivity index (χ4n) is 3.98. The quantitative estimate of drug-likeness (QED) is 0.382. The average molecular weight is 509 g/mol. The average Bonchev–Trinajstić information content (AvgIpc) is 3.25. The molecule has 2 amide bonds. The number of amides is 2. The number of anilines is 2. The summed E-state index contributed by atoms with van der Waals surface area (Å²) < 4.78 is 5.44. The van der Waals surface area contributed by atoms with Gasteiger partial charge in [0.2, 0.25) is 5.91 Å². The van der Waals surface area contributed by atoms with Crippen LogP contribution in [-0.2, 0) is 4.79 Å². The summed E-state index contributed by atoms with van der Waals surface area (Å²) in [5, 5.41) is 3.53. The smallest absolute Gasteiger partial charge is 0.259 e. The first-order valence-electron chi connectivity index (χ1n) is 11.0. The van der Waals surface area contributed by atoms with Crippen molar-refractivity contribution in [2.45, 2.75) is 26.2 Å². The highest BCUT2D eigenvalue weighted by Crippen LogP contribution is 2.35. The molecule has 1 saturated heterocycles. The van der Waals surface area contributed by atoms with Crippen molar-refractivity contribution in [3.8, 4) is 16.9 Å². The number of carbonyl (C=O) groups is 2. The lowest BCUT2D eigenvalue weighted by Gasteiger charge is -2.25. The second-order valence-corrected chi connectivity index (χ2v) is 9.41. The van der Waals surface area contributed by atoms with Gasteiger partial charge in [-0.2, -0.15) is 0 Å². The van der Waals surface area contributed by atoms with E-state index in [4.69, 9.17) is 16.3 Å². The molecule has 5 rings (SSSR count). The highest BCUT2D eigenvalue weighted by atomic mass is 35.5. The molecule has 4 aromatic rings. The minimum Gasteiger partial charge on any atom is -0.494 e. The number of hydrogen-bond acceptors (Lipinski definition) is 8. The Morgan fingerprint density at radius 2 is 2.00 bits per heavy atom. The van der Waals surface area contributed by atoms with Crippen LogP contribution >= 0.6 is 22.9 Å². The molecular formula is C24H21ClN6O3S. The van der Waals surface area contributed by atoms with Gasteiger partial charge in [0.25, 0.3) is 5.91 Å². The first kappa shape index (κ1) is 23.1. The van der Waals surface area contributed by atoms with E-state index >= 15 is 0 Å². The first-order chi connectivity index (χ1) is 16.9. The molecule has 0 atom stereocenters. The fourth-order valence-corrected chi connectivity index (χ4v) is 4.96. The number of thiazole rings is 1. The summed E-state index contributed by atoms with van der Waals surface area (Å²) in [6, 6.07) is 7.05. The molecule has 0 radical (unpaired) electrons. The maximum absolute atomic E-state index is 13.3. The van der Waals surface area contributed by atoms with Crippen LogP contribution in [0.15, 0.2) is 36.7 Å². The molecule has 1 aliphatic heterocycles. The summed E-state index contributed by atoms with van der Waals surface area (Å²) in [6.45, 7) is 2.50. The van der Waals surface area contributed by atoms with E-state index in [1.807, 2.05) is 13.0 Å². The van der Waals surface area contributed by atoms with E-state index in [0.717, 1.165) is 18.5 Å². The molecule has 0 aromatic carbocycles. The van der Waals surface area contributed by atoms with Gasteiger partial charge in [0.1, 0.15) is 27.1 Å². The Kier molecular flexibility index (Phi) is 6.31. The Morgan fingerprint density at radius 3 is 2.80 bits per heavy atom. The zero-order chi connectivity index (χ0) is 24.5. The maximum Gasteiger partial charge on any atom is 0.259 e. The van der Waals surface area contributed by atoms with Gasteiger partial charge in [0, 0.05) is 36.0 Å². The number of carbonyl (C=O) groups excluding carboxylic acids is 2. The fraction of sp³-hybridized carbons (Fsp3) is 0.250. The van der Waals surface area contributed by atoms with Crippen molar-refractivity contribution in [2.24, 2.45) is 0 Å². The molecule has 1 N–H and O–H groups in total. The zero-order valence-electron chi connectivity index (χ0n) is 19.0. The zero-order valence-corrected chi connectivity index (χ0v) is 20.6. The molecule has 5 heterocycles. The van der Waals surface area contributed by atoms with Gasteiger partial charge in [-0.3, -0.25) is 24.8 Å². The van der Waals surface area contributed by atoms with E-state index < -0.39 is 0 Å². The standard InChI is InChI=1S/C24H21ClN6O3S/c1-13-9-14(15-10-19(25)27-12-18(15)34-2)16(11-26-13)22(33)30-24-28-17-6-7-20(29-23(17)35-24)31-8-4-3-5-21(31)32/h6-7,9-12H,3-5,8H2,1-2H3,(H,28,30,33). The summed E-state index contributed by atoms with van der Waals surface area (Å²) in [5.74, 6) is 0.786. The van der Waals surface area contributed by atoms with Crippen LogP contribution in [0.25, 0.3) is 21.5 Å². The number of nitrogens with zero attached hydrogens (tertiary/aromatic N) is 5. The second kappa shape index (κ2) is 9.55. The number of halogens is 1. The van der Waals surface area contributed by atoms with E-state index in [9.17, 15) is 9.59 Å². The molecule has 35 heavy (non-hydrogen) atoms. The molecule has 11 heteroatoms. The number of fused-ring (bicyclic) bond motifs is 1. The number of rotatable bonds is 5. The Bertz CT molecular complexity index is 1460. The molecular weight excluding hydrogens is 488 g/mol. The molecule has 0 unspecified atom stereocenters. The summed E-state index contributed by atoms with van der Waals surface area (Å²) >= 11 is 7.37. The number of aromatic nitrogens is 4. The van der Waals surface area contributed by atoms with Crippen LogP contribution in [0.1, 0.15) is 35.3 Å². The number of aryl methyl sites for hydroxylation is 1. The van der Waals surface area contributed by atoms with Gasteiger partial charge in [-0.05, 0) is 44.0 Å². The van der Waals surface area contributed by atoms with E-state index in [0.29, 0.717) is 56.7 Å². The molecule has 9 nitrogen and oxygen atoms in total. The van der Waals surface area contributed by atoms with Crippen molar-refractivity contribution in [2.75, 3.05) is 23.9 Å². The van der Waals surface area contributed by atoms with Gasteiger partial charge in [-0.15, -0.1) is 0 Å². The molecule has 0 aliphatic carbocycles. The van der Waals surface area contributed by atoms with Crippen LogP contribution in [0.4, 0.5) is 10.9 Å². The number of pyridine rings is 3. The van der Waals surface area contributed by atoms with Crippen LogP contribution in [-0.4, -0.2) is 45.4 Å². The van der Waals surface area contributed by atoms with Gasteiger partial charge in [0.15, 0.2) is 5.13 Å². The third kappa shape index (κ3) is 4.67. The Balaban J connectivity index is 1.46. The summed E-state index contributed by atoms with van der Waals surface area (Å²) in [7, 11) is 1.53. The van der Waals surface area contributed by atoms with Crippen LogP contribution in [0.5, 0.6) is 5.75 Å². The molecule has 0 saturated carbocycles. The van der Waals surface area contributed by atoms with Gasteiger partial charge in [0.05, 0.1) is 18.9 Å². The number of ether oxygens (including phenoxy) is 1. The number of methoxy groups -OCH3 is 1. The van der Waals surface area contributed by atoms with Crippen LogP contribution < -0.4 is 15.0 Å². The van der Waals surface area contributed by atoms with E-state index in [2.05, 4.69) is 25.3 Å². The van der Waals surface area contributed by atoms with Crippen LogP contribution in [0, 0.1) is 6.92 Å². The van der Waals surface area contributed by atoms with Crippen molar-refractivity contribution in [1.29, 1.82) is 0 Å². The van der Waals surface area contributed by atoms with Gasteiger partial charge >= 0.3 is 0 Å². The minimum absolute atomic E-state index is 0.0761. The second-order valence-electron chi connectivity index (χ2n) is 8.05. The molecule has 0 bridgehead atoms. The Hall–Kier alpha value is -3.63. The number of hydrogen-bond donors (Lipinski definition) is 1. The van der Waals surface area contributed by atoms with E-state index in [1.165, 1.54) is 30.8 Å². The van der Waals surface area contributed by atoms with Gasteiger partial charge in [-0.1, -0.05) is 22.9 Å². The van der Waals surface area contributed by atoms with Crippen molar-refractivity contribution >= 4 is 56.0 Å². The first-order valence-corrected chi connectivity index (χ1v) is 12.2. The van der Waals surface area contributed by atoms with Crippen molar-refractivity contribution in [1.82, 2.24) is 19.9 Å². The van der Waals surface area contributed by atoms with E-state index in [-0.39, 0.29) is 17.0 Å². The number of nitrogens with one attached hydrogen (secondary N) is 1. The van der Waals surface area contributed by atoms with Gasteiger partial charge in [-0.25, -0.2) is 15.0 Å². The molecule has 0 spiro atoms. The Labute approximate surface area is 210 Å². The van der Waals surface area contributed by atoms with Crippen LogP contribution in [0.2, 0.25) is 5.15 Å².